The van der Waals surface area contributed by atoms with Gasteiger partial charge in [0.25, 0.3) is 0 Å². The van der Waals surface area contributed by atoms with Crippen LogP contribution in [0.25, 0.3) is 0 Å². The molecule has 1 aromatic heterocycles. The van der Waals surface area contributed by atoms with Crippen molar-refractivity contribution in [2.45, 2.75) is 57.5 Å². The van der Waals surface area contributed by atoms with Crippen molar-refractivity contribution in [1.29, 1.82) is 0 Å². The van der Waals surface area contributed by atoms with E-state index in [4.69, 9.17) is 0 Å². The summed E-state index contributed by atoms with van der Waals surface area (Å²) < 4.78 is 1.90. The van der Waals surface area contributed by atoms with Gasteiger partial charge in [-0.05, 0) is 68.8 Å². The quantitative estimate of drug-likeness (QED) is 0.894. The zero-order valence-corrected chi connectivity index (χ0v) is 15.7. The highest BCUT2D eigenvalue weighted by molar-refractivity contribution is 5.94. The number of hydrogen-bond donors (Lipinski definition) is 1. The summed E-state index contributed by atoms with van der Waals surface area (Å²) in [5.41, 5.74) is 4.48. The van der Waals surface area contributed by atoms with Gasteiger partial charge in [-0.1, -0.05) is 18.6 Å². The van der Waals surface area contributed by atoms with E-state index in [0.717, 1.165) is 55.3 Å². The summed E-state index contributed by atoms with van der Waals surface area (Å²) in [6.07, 6.45) is 5.77. The number of piperidine rings is 1. The first-order valence-electron chi connectivity index (χ1n) is 9.74. The Bertz CT molecular complexity index is 756. The van der Waals surface area contributed by atoms with Crippen LogP contribution in [0.15, 0.2) is 30.3 Å². The number of aryl methyl sites for hydroxylation is 2. The molecule has 1 saturated heterocycles. The lowest BCUT2D eigenvalue weighted by atomic mass is 10.0. The minimum atomic E-state index is -0.0748. The maximum Gasteiger partial charge on any atom is 0.241 e. The predicted molar refractivity (Wildman–Crippen MR) is 103 cm³/mol. The molecule has 2 heterocycles. The van der Waals surface area contributed by atoms with Crippen LogP contribution in [-0.4, -0.2) is 33.2 Å². The number of carbonyl (C=O) groups is 1. The van der Waals surface area contributed by atoms with Crippen LogP contribution >= 0.6 is 0 Å². The summed E-state index contributed by atoms with van der Waals surface area (Å²) in [4.78, 5) is 15.2. The third-order valence-electron chi connectivity index (χ3n) is 5.67. The molecule has 1 saturated carbocycles. The first-order chi connectivity index (χ1) is 12.6. The van der Waals surface area contributed by atoms with Crippen LogP contribution in [0, 0.1) is 6.92 Å². The predicted octanol–water partition coefficient (Wildman–Crippen LogP) is 3.60. The molecule has 0 radical (unpaired) electrons. The van der Waals surface area contributed by atoms with Gasteiger partial charge in [-0.15, -0.1) is 0 Å². The highest BCUT2D eigenvalue weighted by Crippen LogP contribution is 2.40. The summed E-state index contributed by atoms with van der Waals surface area (Å²) in [6.45, 7) is 3.75. The third-order valence-corrected chi connectivity index (χ3v) is 5.67. The number of rotatable bonds is 5. The number of aromatic nitrogens is 2. The zero-order chi connectivity index (χ0) is 18.1. The van der Waals surface area contributed by atoms with Crippen molar-refractivity contribution in [3.8, 4) is 0 Å². The summed E-state index contributed by atoms with van der Waals surface area (Å²) in [6, 6.07) is 10.4. The fourth-order valence-corrected chi connectivity index (χ4v) is 3.88. The molecule has 2 fully saturated rings. The lowest BCUT2D eigenvalue weighted by Gasteiger charge is -2.34. The SMILES string of the molecule is Cc1cc(CN2CCCC[C@@H]2C(=O)Nc2ccc(C3CC3)cc2)nn1C. The van der Waals surface area contributed by atoms with E-state index in [9.17, 15) is 4.79 Å². The molecule has 5 heteroatoms. The second-order valence-corrected chi connectivity index (χ2v) is 7.77. The van der Waals surface area contributed by atoms with Gasteiger partial charge in [0.1, 0.15) is 0 Å². The van der Waals surface area contributed by atoms with E-state index in [1.807, 2.05) is 23.9 Å². The third kappa shape index (κ3) is 3.83. The first-order valence-corrected chi connectivity index (χ1v) is 9.74. The molecule has 1 aliphatic carbocycles. The Balaban J connectivity index is 1.41. The number of likely N-dealkylation sites (tertiary alicyclic amines) is 1. The topological polar surface area (TPSA) is 50.2 Å². The van der Waals surface area contributed by atoms with E-state index in [2.05, 4.69) is 40.4 Å². The standard InChI is InChI=1S/C21H28N4O/c1-15-13-19(23-24(15)2)14-25-12-4-3-5-20(25)21(26)22-18-10-8-17(9-11-18)16-6-7-16/h8-11,13,16,20H,3-7,12,14H2,1-2H3,(H,22,26)/t20-/m1/s1. The van der Waals surface area contributed by atoms with E-state index < -0.39 is 0 Å². The molecule has 5 nitrogen and oxygen atoms in total. The number of amides is 1. The van der Waals surface area contributed by atoms with Crippen molar-refractivity contribution in [3.63, 3.8) is 0 Å². The fraction of sp³-hybridized carbons (Fsp3) is 0.524. The lowest BCUT2D eigenvalue weighted by Crippen LogP contribution is -2.46. The molecule has 2 aromatic rings. The number of anilines is 1. The highest BCUT2D eigenvalue weighted by atomic mass is 16.2. The van der Waals surface area contributed by atoms with Gasteiger partial charge in [0.15, 0.2) is 0 Å². The Morgan fingerprint density at radius 3 is 2.62 bits per heavy atom. The molecule has 0 spiro atoms. The Hall–Kier alpha value is -2.14. The molecule has 26 heavy (non-hydrogen) atoms. The molecule has 1 aliphatic heterocycles. The van der Waals surface area contributed by atoms with Crippen molar-refractivity contribution >= 4 is 11.6 Å². The molecule has 2 aliphatic rings. The van der Waals surface area contributed by atoms with Gasteiger partial charge in [0.05, 0.1) is 11.7 Å². The van der Waals surface area contributed by atoms with Gasteiger partial charge in [0, 0.05) is 25.0 Å². The molecule has 1 atom stereocenters. The highest BCUT2D eigenvalue weighted by Gasteiger charge is 2.29. The first kappa shape index (κ1) is 17.3. The largest absolute Gasteiger partial charge is 0.325 e. The van der Waals surface area contributed by atoms with Crippen LogP contribution in [0.1, 0.15) is 55.0 Å². The van der Waals surface area contributed by atoms with Crippen LogP contribution in [0.3, 0.4) is 0 Å². The monoisotopic (exact) mass is 352 g/mol. The van der Waals surface area contributed by atoms with Crippen LogP contribution in [0.2, 0.25) is 0 Å². The molecular weight excluding hydrogens is 324 g/mol. The van der Waals surface area contributed by atoms with Crippen molar-refractivity contribution in [2.24, 2.45) is 7.05 Å². The molecular formula is C21H28N4O. The second-order valence-electron chi connectivity index (χ2n) is 7.77. The van der Waals surface area contributed by atoms with Crippen molar-refractivity contribution < 1.29 is 4.79 Å². The van der Waals surface area contributed by atoms with Crippen LogP contribution in [-0.2, 0) is 18.4 Å². The van der Waals surface area contributed by atoms with Gasteiger partial charge in [-0.2, -0.15) is 5.10 Å². The number of hydrogen-bond acceptors (Lipinski definition) is 3. The normalized spacial score (nSPS) is 20.9. The summed E-state index contributed by atoms with van der Waals surface area (Å²) in [7, 11) is 1.96. The van der Waals surface area contributed by atoms with Crippen LogP contribution in [0.5, 0.6) is 0 Å². The van der Waals surface area contributed by atoms with E-state index >= 15 is 0 Å². The van der Waals surface area contributed by atoms with E-state index in [0.29, 0.717) is 0 Å². The fourth-order valence-electron chi connectivity index (χ4n) is 3.88. The Kier molecular flexibility index (Phi) is 4.81. The molecule has 1 amide bonds. The molecule has 0 bridgehead atoms. The lowest BCUT2D eigenvalue weighted by molar-refractivity contribution is -0.122. The van der Waals surface area contributed by atoms with Gasteiger partial charge in [0.2, 0.25) is 5.91 Å². The van der Waals surface area contributed by atoms with E-state index in [-0.39, 0.29) is 11.9 Å². The van der Waals surface area contributed by atoms with Gasteiger partial charge in [-0.3, -0.25) is 14.4 Å². The summed E-state index contributed by atoms with van der Waals surface area (Å²) >= 11 is 0. The molecule has 138 valence electrons. The number of nitrogens with one attached hydrogen (secondary N) is 1. The zero-order valence-electron chi connectivity index (χ0n) is 15.7. The maximum absolute atomic E-state index is 12.9. The second kappa shape index (κ2) is 7.23. The van der Waals surface area contributed by atoms with Crippen LogP contribution in [0.4, 0.5) is 5.69 Å². The van der Waals surface area contributed by atoms with E-state index in [1.165, 1.54) is 18.4 Å². The maximum atomic E-state index is 12.9. The minimum Gasteiger partial charge on any atom is -0.325 e. The Morgan fingerprint density at radius 2 is 1.96 bits per heavy atom. The average molecular weight is 352 g/mol. The molecule has 0 unspecified atom stereocenters. The molecule has 1 N–H and O–H groups in total. The number of nitrogens with zero attached hydrogens (tertiary/aromatic N) is 3. The van der Waals surface area contributed by atoms with Gasteiger partial charge >= 0.3 is 0 Å². The smallest absolute Gasteiger partial charge is 0.241 e. The minimum absolute atomic E-state index is 0.0748. The summed E-state index contributed by atoms with van der Waals surface area (Å²) in [5, 5.41) is 7.68. The Morgan fingerprint density at radius 1 is 1.19 bits per heavy atom. The van der Waals surface area contributed by atoms with Crippen LogP contribution < -0.4 is 5.32 Å². The van der Waals surface area contributed by atoms with Crippen molar-refractivity contribution in [1.82, 2.24) is 14.7 Å². The average Bonchev–Trinajstić information content (AvgIpc) is 3.43. The van der Waals surface area contributed by atoms with E-state index in [1.54, 1.807) is 0 Å². The molecule has 1 aromatic carbocycles. The van der Waals surface area contributed by atoms with Gasteiger partial charge < -0.3 is 5.32 Å². The molecule has 4 rings (SSSR count). The Labute approximate surface area is 155 Å². The summed E-state index contributed by atoms with van der Waals surface area (Å²) in [5.74, 6) is 0.854. The van der Waals surface area contributed by atoms with Gasteiger partial charge in [-0.25, -0.2) is 0 Å². The number of carbonyl (C=O) groups excluding carboxylic acids is 1. The van der Waals surface area contributed by atoms with Crippen molar-refractivity contribution in [2.75, 3.05) is 11.9 Å². The number of benzene rings is 1. The van der Waals surface area contributed by atoms with Crippen molar-refractivity contribution in [3.05, 3.63) is 47.3 Å².